The van der Waals surface area contributed by atoms with Crippen LogP contribution in [0.15, 0.2) is 67.1 Å². The van der Waals surface area contributed by atoms with Gasteiger partial charge in [-0.1, -0.05) is 30.3 Å². The minimum absolute atomic E-state index is 0.251. The topological polar surface area (TPSA) is 64.2 Å². The second kappa shape index (κ2) is 6.24. The van der Waals surface area contributed by atoms with Crippen molar-refractivity contribution in [3.63, 3.8) is 0 Å². The lowest BCUT2D eigenvalue weighted by molar-refractivity contribution is 0.102. The van der Waals surface area contributed by atoms with E-state index in [1.54, 1.807) is 16.8 Å². The molecule has 0 saturated carbocycles. The Morgan fingerprint density at radius 3 is 2.84 bits per heavy atom. The molecule has 3 heterocycles. The van der Waals surface area contributed by atoms with E-state index in [4.69, 9.17) is 0 Å². The van der Waals surface area contributed by atoms with Gasteiger partial charge in [0.1, 0.15) is 0 Å². The summed E-state index contributed by atoms with van der Waals surface area (Å²) >= 11 is 0. The highest BCUT2D eigenvalue weighted by atomic mass is 16.2. The Balaban J connectivity index is 1.49. The van der Waals surface area contributed by atoms with Crippen LogP contribution in [0, 0.1) is 6.92 Å². The molecule has 0 spiro atoms. The summed E-state index contributed by atoms with van der Waals surface area (Å²) in [5.74, 6) is -0.251. The summed E-state index contributed by atoms with van der Waals surface area (Å²) in [6.07, 6.45) is 5.28. The number of rotatable bonds is 4. The van der Waals surface area contributed by atoms with Crippen LogP contribution in [0.1, 0.15) is 21.6 Å². The van der Waals surface area contributed by atoms with E-state index in [0.717, 1.165) is 5.52 Å². The molecule has 3 aromatic heterocycles. The largest absolute Gasteiger partial charge is 0.318 e. The first kappa shape index (κ1) is 15.1. The Bertz CT molecular complexity index is 1010. The van der Waals surface area contributed by atoms with Crippen LogP contribution >= 0.6 is 0 Å². The van der Waals surface area contributed by atoms with Crippen molar-refractivity contribution in [1.82, 2.24) is 19.4 Å². The molecule has 0 saturated heterocycles. The Kier molecular flexibility index (Phi) is 3.78. The van der Waals surface area contributed by atoms with E-state index in [-0.39, 0.29) is 5.91 Å². The summed E-state index contributed by atoms with van der Waals surface area (Å²) < 4.78 is 3.48. The van der Waals surface area contributed by atoms with Gasteiger partial charge in [-0.15, -0.1) is 0 Å². The maximum absolute atomic E-state index is 12.4. The van der Waals surface area contributed by atoms with Gasteiger partial charge in [0, 0.05) is 12.4 Å². The van der Waals surface area contributed by atoms with Crippen molar-refractivity contribution in [2.75, 3.05) is 5.32 Å². The van der Waals surface area contributed by atoms with Gasteiger partial charge < -0.3 is 5.32 Å². The Morgan fingerprint density at radius 1 is 1.16 bits per heavy atom. The standard InChI is InChI=1S/C19H17N5O/c1-14-6-2-3-7-15(14)12-23-13-16(11-20-23)21-19(25)18-10-17-8-4-5-9-24(17)22-18/h2-11,13H,12H2,1H3,(H,21,25). The molecule has 25 heavy (non-hydrogen) atoms. The third kappa shape index (κ3) is 3.14. The average molecular weight is 331 g/mol. The Labute approximate surface area is 144 Å². The third-order valence-corrected chi connectivity index (χ3v) is 4.09. The smallest absolute Gasteiger partial charge is 0.276 e. The molecule has 4 aromatic rings. The fraction of sp³-hybridized carbons (Fsp3) is 0.105. The number of carbonyl (C=O) groups excluding carboxylic acids is 1. The van der Waals surface area contributed by atoms with Gasteiger partial charge in [0.15, 0.2) is 5.69 Å². The van der Waals surface area contributed by atoms with Crippen LogP contribution in [0.4, 0.5) is 5.69 Å². The van der Waals surface area contributed by atoms with Crippen molar-refractivity contribution in [1.29, 1.82) is 0 Å². The number of carbonyl (C=O) groups is 1. The quantitative estimate of drug-likeness (QED) is 0.625. The number of aromatic nitrogens is 4. The number of hydrogen-bond acceptors (Lipinski definition) is 3. The van der Waals surface area contributed by atoms with Crippen LogP contribution in [0.2, 0.25) is 0 Å². The van der Waals surface area contributed by atoms with E-state index >= 15 is 0 Å². The predicted octanol–water partition coefficient (Wildman–Crippen LogP) is 3.14. The monoisotopic (exact) mass is 331 g/mol. The van der Waals surface area contributed by atoms with Crippen molar-refractivity contribution < 1.29 is 4.79 Å². The van der Waals surface area contributed by atoms with Gasteiger partial charge >= 0.3 is 0 Å². The molecule has 0 fully saturated rings. The molecule has 4 rings (SSSR count). The molecular formula is C19H17N5O. The summed E-state index contributed by atoms with van der Waals surface area (Å²) in [5.41, 5.74) is 4.31. The highest BCUT2D eigenvalue weighted by Gasteiger charge is 2.12. The average Bonchev–Trinajstić information content (AvgIpc) is 3.23. The minimum Gasteiger partial charge on any atom is -0.318 e. The zero-order valence-electron chi connectivity index (χ0n) is 13.8. The number of anilines is 1. The number of nitrogens with one attached hydrogen (secondary N) is 1. The van der Waals surface area contributed by atoms with Crippen molar-refractivity contribution in [3.05, 3.63) is 83.9 Å². The molecule has 1 amide bonds. The van der Waals surface area contributed by atoms with E-state index in [1.165, 1.54) is 11.1 Å². The van der Waals surface area contributed by atoms with E-state index in [1.807, 2.05) is 47.4 Å². The molecule has 1 N–H and O–H groups in total. The van der Waals surface area contributed by atoms with Gasteiger partial charge in [-0.2, -0.15) is 10.2 Å². The van der Waals surface area contributed by atoms with E-state index in [9.17, 15) is 4.79 Å². The summed E-state index contributed by atoms with van der Waals surface area (Å²) in [6.45, 7) is 2.74. The number of nitrogens with zero attached hydrogens (tertiary/aromatic N) is 4. The molecule has 6 nitrogen and oxygen atoms in total. The summed E-state index contributed by atoms with van der Waals surface area (Å²) in [4.78, 5) is 12.4. The Hall–Kier alpha value is -3.41. The first-order valence-electron chi connectivity index (χ1n) is 8.02. The van der Waals surface area contributed by atoms with Crippen LogP contribution < -0.4 is 5.32 Å². The van der Waals surface area contributed by atoms with Gasteiger partial charge in [0.2, 0.25) is 0 Å². The maximum atomic E-state index is 12.4. The second-order valence-corrected chi connectivity index (χ2v) is 5.91. The molecule has 0 aliphatic carbocycles. The number of hydrogen-bond donors (Lipinski definition) is 1. The summed E-state index contributed by atoms with van der Waals surface area (Å²) in [5, 5.41) is 11.4. The number of aryl methyl sites for hydroxylation is 1. The zero-order valence-corrected chi connectivity index (χ0v) is 13.8. The van der Waals surface area contributed by atoms with Gasteiger partial charge in [-0.3, -0.25) is 9.48 Å². The number of amides is 1. The highest BCUT2D eigenvalue weighted by molar-refractivity contribution is 6.03. The van der Waals surface area contributed by atoms with Crippen molar-refractivity contribution in [2.24, 2.45) is 0 Å². The Morgan fingerprint density at radius 2 is 2.00 bits per heavy atom. The lowest BCUT2D eigenvalue weighted by atomic mass is 10.1. The van der Waals surface area contributed by atoms with Gasteiger partial charge in [0.25, 0.3) is 5.91 Å². The van der Waals surface area contributed by atoms with E-state index < -0.39 is 0 Å². The second-order valence-electron chi connectivity index (χ2n) is 5.91. The predicted molar refractivity (Wildman–Crippen MR) is 95.7 cm³/mol. The minimum atomic E-state index is -0.251. The molecule has 0 radical (unpaired) electrons. The van der Waals surface area contributed by atoms with Crippen molar-refractivity contribution in [2.45, 2.75) is 13.5 Å². The van der Waals surface area contributed by atoms with Gasteiger partial charge in [-0.05, 0) is 36.2 Å². The first-order chi connectivity index (χ1) is 12.2. The van der Waals surface area contributed by atoms with Crippen LogP contribution in [0.25, 0.3) is 5.52 Å². The van der Waals surface area contributed by atoms with Gasteiger partial charge in [0.05, 0.1) is 23.9 Å². The first-order valence-corrected chi connectivity index (χ1v) is 8.02. The molecule has 6 heteroatoms. The van der Waals surface area contributed by atoms with Crippen LogP contribution in [0.3, 0.4) is 0 Å². The lowest BCUT2D eigenvalue weighted by Gasteiger charge is -2.05. The molecule has 0 unspecified atom stereocenters. The van der Waals surface area contributed by atoms with Crippen LogP contribution in [-0.2, 0) is 6.54 Å². The van der Waals surface area contributed by atoms with Crippen LogP contribution in [0.5, 0.6) is 0 Å². The molecule has 0 aliphatic rings. The number of fused-ring (bicyclic) bond motifs is 1. The summed E-state index contributed by atoms with van der Waals surface area (Å²) in [6, 6.07) is 15.6. The van der Waals surface area contributed by atoms with E-state index in [0.29, 0.717) is 17.9 Å². The van der Waals surface area contributed by atoms with Crippen molar-refractivity contribution >= 4 is 17.1 Å². The lowest BCUT2D eigenvalue weighted by Crippen LogP contribution is -2.12. The third-order valence-electron chi connectivity index (χ3n) is 4.09. The van der Waals surface area contributed by atoms with Crippen LogP contribution in [-0.4, -0.2) is 25.3 Å². The molecule has 1 aromatic carbocycles. The van der Waals surface area contributed by atoms with Crippen molar-refractivity contribution in [3.8, 4) is 0 Å². The summed E-state index contributed by atoms with van der Waals surface area (Å²) in [7, 11) is 0. The fourth-order valence-electron chi connectivity index (χ4n) is 2.72. The normalized spacial score (nSPS) is 10.9. The molecule has 0 aliphatic heterocycles. The zero-order chi connectivity index (χ0) is 17.2. The highest BCUT2D eigenvalue weighted by Crippen LogP contribution is 2.13. The molecule has 0 bridgehead atoms. The molecule has 0 atom stereocenters. The van der Waals surface area contributed by atoms with E-state index in [2.05, 4.69) is 34.6 Å². The fourth-order valence-corrected chi connectivity index (χ4v) is 2.72. The van der Waals surface area contributed by atoms with Gasteiger partial charge in [-0.25, -0.2) is 4.52 Å². The maximum Gasteiger partial charge on any atom is 0.276 e. The number of pyridine rings is 1. The SMILES string of the molecule is Cc1ccccc1Cn1cc(NC(=O)c2cc3ccccn3n2)cn1. The molecule has 124 valence electrons. The number of benzene rings is 1. The molecular weight excluding hydrogens is 314 g/mol.